The van der Waals surface area contributed by atoms with E-state index in [9.17, 15) is 8.78 Å². The third-order valence-electron chi connectivity index (χ3n) is 3.30. The maximum atomic E-state index is 14.2. The third kappa shape index (κ3) is 2.90. The van der Waals surface area contributed by atoms with E-state index in [4.69, 9.17) is 4.42 Å². The third-order valence-corrected chi connectivity index (χ3v) is 3.30. The maximum absolute atomic E-state index is 14.2. The Morgan fingerprint density at radius 1 is 1.20 bits per heavy atom. The number of rotatable bonds is 5. The van der Waals surface area contributed by atoms with Gasteiger partial charge in [0.05, 0.1) is 12.3 Å². The first-order chi connectivity index (χ1) is 9.54. The van der Waals surface area contributed by atoms with Crippen molar-refractivity contribution >= 4 is 0 Å². The smallest absolute Gasteiger partial charge is 0.164 e. The average Bonchev–Trinajstić information content (AvgIpc) is 2.85. The van der Waals surface area contributed by atoms with Crippen molar-refractivity contribution in [2.45, 2.75) is 33.2 Å². The fraction of sp³-hybridized carbons (Fsp3) is 0.375. The second-order valence-corrected chi connectivity index (χ2v) is 4.98. The Morgan fingerprint density at radius 2 is 1.95 bits per heavy atom. The van der Waals surface area contributed by atoms with Crippen molar-refractivity contribution < 1.29 is 13.2 Å². The second-order valence-electron chi connectivity index (χ2n) is 4.98. The molecule has 1 aromatic heterocycles. The molecular formula is C16H19F2NO. The number of hydrogen-bond acceptors (Lipinski definition) is 2. The summed E-state index contributed by atoms with van der Waals surface area (Å²) in [6.45, 7) is 6.12. The predicted octanol–water partition coefficient (Wildman–Crippen LogP) is 4.26. The molecule has 0 amide bonds. The maximum Gasteiger partial charge on any atom is 0.164 e. The molecule has 0 saturated heterocycles. The zero-order valence-corrected chi connectivity index (χ0v) is 12.0. The van der Waals surface area contributed by atoms with Gasteiger partial charge in [-0.1, -0.05) is 19.1 Å². The van der Waals surface area contributed by atoms with Gasteiger partial charge in [0.25, 0.3) is 0 Å². The molecule has 0 aliphatic carbocycles. The Bertz CT molecular complexity index is 592. The van der Waals surface area contributed by atoms with Crippen LogP contribution >= 0.6 is 0 Å². The van der Waals surface area contributed by atoms with Crippen LogP contribution in [0, 0.1) is 25.5 Å². The van der Waals surface area contributed by atoms with E-state index in [1.807, 2.05) is 19.9 Å². The lowest BCUT2D eigenvalue weighted by molar-refractivity contribution is 0.473. The lowest BCUT2D eigenvalue weighted by Gasteiger charge is -2.19. The summed E-state index contributed by atoms with van der Waals surface area (Å²) >= 11 is 0. The normalized spacial score (nSPS) is 12.7. The molecule has 0 fully saturated rings. The molecule has 0 saturated carbocycles. The first kappa shape index (κ1) is 14.7. The van der Waals surface area contributed by atoms with Gasteiger partial charge < -0.3 is 9.73 Å². The van der Waals surface area contributed by atoms with Crippen LogP contribution in [0.15, 0.2) is 28.9 Å². The molecule has 2 aromatic rings. The highest BCUT2D eigenvalue weighted by Gasteiger charge is 2.22. The fourth-order valence-electron chi connectivity index (χ4n) is 2.20. The van der Waals surface area contributed by atoms with Gasteiger partial charge in [0, 0.05) is 11.1 Å². The molecule has 1 N–H and O–H groups in total. The summed E-state index contributed by atoms with van der Waals surface area (Å²) in [4.78, 5) is 0. The fourth-order valence-corrected chi connectivity index (χ4v) is 2.20. The highest BCUT2D eigenvalue weighted by Crippen LogP contribution is 2.28. The van der Waals surface area contributed by atoms with E-state index in [0.717, 1.165) is 17.7 Å². The largest absolute Gasteiger partial charge is 0.469 e. The lowest BCUT2D eigenvalue weighted by Crippen LogP contribution is -2.24. The van der Waals surface area contributed by atoms with E-state index in [2.05, 4.69) is 5.32 Å². The minimum absolute atomic E-state index is 0.308. The summed E-state index contributed by atoms with van der Waals surface area (Å²) < 4.78 is 33.2. The van der Waals surface area contributed by atoms with Crippen molar-refractivity contribution in [1.29, 1.82) is 0 Å². The van der Waals surface area contributed by atoms with E-state index in [0.29, 0.717) is 17.7 Å². The minimum Gasteiger partial charge on any atom is -0.469 e. The van der Waals surface area contributed by atoms with Gasteiger partial charge in [0.2, 0.25) is 0 Å². The van der Waals surface area contributed by atoms with Crippen LogP contribution in [-0.2, 0) is 0 Å². The Kier molecular flexibility index (Phi) is 4.55. The first-order valence-corrected chi connectivity index (χ1v) is 6.77. The molecule has 108 valence electrons. The Hall–Kier alpha value is -1.68. The molecule has 0 radical (unpaired) electrons. The number of benzene rings is 1. The number of halogens is 2. The molecular weight excluding hydrogens is 260 g/mol. The molecule has 0 aliphatic heterocycles. The van der Waals surface area contributed by atoms with Crippen LogP contribution in [0.3, 0.4) is 0 Å². The van der Waals surface area contributed by atoms with Gasteiger partial charge in [-0.15, -0.1) is 0 Å². The zero-order valence-electron chi connectivity index (χ0n) is 12.0. The van der Waals surface area contributed by atoms with Crippen molar-refractivity contribution in [2.24, 2.45) is 0 Å². The van der Waals surface area contributed by atoms with Crippen molar-refractivity contribution in [2.75, 3.05) is 6.54 Å². The molecule has 0 spiro atoms. The average molecular weight is 279 g/mol. The van der Waals surface area contributed by atoms with E-state index in [-0.39, 0.29) is 0 Å². The van der Waals surface area contributed by atoms with Crippen LogP contribution in [0.25, 0.3) is 0 Å². The van der Waals surface area contributed by atoms with Gasteiger partial charge >= 0.3 is 0 Å². The van der Waals surface area contributed by atoms with Gasteiger partial charge in [-0.05, 0) is 38.4 Å². The van der Waals surface area contributed by atoms with Crippen molar-refractivity contribution in [1.82, 2.24) is 5.32 Å². The molecule has 20 heavy (non-hydrogen) atoms. The quantitative estimate of drug-likeness (QED) is 0.884. The van der Waals surface area contributed by atoms with Gasteiger partial charge in [0.1, 0.15) is 5.76 Å². The monoisotopic (exact) mass is 279 g/mol. The Balaban J connectivity index is 2.43. The SMILES string of the molecule is CCCNC(c1coc(C)c1)c1ccc(C)c(F)c1F. The molecule has 0 aliphatic rings. The van der Waals surface area contributed by atoms with Gasteiger partial charge in [-0.2, -0.15) is 0 Å². The highest BCUT2D eigenvalue weighted by molar-refractivity contribution is 5.34. The summed E-state index contributed by atoms with van der Waals surface area (Å²) in [5.74, 6) is -0.834. The lowest BCUT2D eigenvalue weighted by atomic mass is 9.98. The predicted molar refractivity (Wildman–Crippen MR) is 74.7 cm³/mol. The van der Waals surface area contributed by atoms with Gasteiger partial charge in [-0.3, -0.25) is 0 Å². The number of furan rings is 1. The Morgan fingerprint density at radius 3 is 2.55 bits per heavy atom. The van der Waals surface area contributed by atoms with Gasteiger partial charge in [-0.25, -0.2) is 8.78 Å². The Labute approximate surface area is 117 Å². The summed E-state index contributed by atoms with van der Waals surface area (Å²) in [5.41, 5.74) is 1.42. The van der Waals surface area contributed by atoms with Crippen molar-refractivity contribution in [3.63, 3.8) is 0 Å². The standard InChI is InChI=1S/C16H19F2NO/c1-4-7-19-16(12-8-11(3)20-9-12)13-6-5-10(2)14(17)15(13)18/h5-6,8-9,16,19H,4,7H2,1-3H3. The molecule has 1 aromatic carbocycles. The number of nitrogens with one attached hydrogen (secondary N) is 1. The minimum atomic E-state index is -0.794. The van der Waals surface area contributed by atoms with Crippen LogP contribution in [0.4, 0.5) is 8.78 Å². The summed E-state index contributed by atoms with van der Waals surface area (Å²) in [6, 6.07) is 4.66. The topological polar surface area (TPSA) is 25.2 Å². The van der Waals surface area contributed by atoms with Crippen molar-refractivity contribution in [3.8, 4) is 0 Å². The molecule has 1 unspecified atom stereocenters. The summed E-state index contributed by atoms with van der Waals surface area (Å²) in [7, 11) is 0. The summed E-state index contributed by atoms with van der Waals surface area (Å²) in [6.07, 6.45) is 2.49. The molecule has 1 atom stereocenters. The summed E-state index contributed by atoms with van der Waals surface area (Å²) in [5, 5.41) is 3.24. The van der Waals surface area contributed by atoms with E-state index in [1.54, 1.807) is 25.3 Å². The van der Waals surface area contributed by atoms with E-state index < -0.39 is 17.7 Å². The van der Waals surface area contributed by atoms with Crippen LogP contribution in [-0.4, -0.2) is 6.54 Å². The first-order valence-electron chi connectivity index (χ1n) is 6.77. The van der Waals surface area contributed by atoms with Crippen molar-refractivity contribution in [3.05, 3.63) is 58.5 Å². The van der Waals surface area contributed by atoms with E-state index in [1.165, 1.54) is 0 Å². The van der Waals surface area contributed by atoms with Crippen LogP contribution in [0.1, 0.15) is 41.8 Å². The molecule has 2 rings (SSSR count). The number of aryl methyl sites for hydroxylation is 2. The van der Waals surface area contributed by atoms with Crippen LogP contribution in [0.2, 0.25) is 0 Å². The molecule has 2 nitrogen and oxygen atoms in total. The van der Waals surface area contributed by atoms with E-state index >= 15 is 0 Å². The van der Waals surface area contributed by atoms with Crippen LogP contribution in [0.5, 0.6) is 0 Å². The highest BCUT2D eigenvalue weighted by atomic mass is 19.2. The zero-order chi connectivity index (χ0) is 14.7. The number of hydrogen-bond donors (Lipinski definition) is 1. The van der Waals surface area contributed by atoms with Gasteiger partial charge in [0.15, 0.2) is 11.6 Å². The molecule has 1 heterocycles. The second kappa shape index (κ2) is 6.18. The molecule has 0 bridgehead atoms. The van der Waals surface area contributed by atoms with Crippen LogP contribution < -0.4 is 5.32 Å². The molecule has 4 heteroatoms.